The van der Waals surface area contributed by atoms with E-state index < -0.39 is 16.9 Å². The van der Waals surface area contributed by atoms with Gasteiger partial charge in [-0.1, -0.05) is 30.3 Å². The van der Waals surface area contributed by atoms with Gasteiger partial charge >= 0.3 is 5.97 Å². The summed E-state index contributed by atoms with van der Waals surface area (Å²) < 4.78 is 5.30. The number of hydrogen-bond donors (Lipinski definition) is 0. The molecule has 7 heteroatoms. The molecule has 27 heavy (non-hydrogen) atoms. The van der Waals surface area contributed by atoms with E-state index in [1.54, 1.807) is 22.7 Å². The molecule has 2 fully saturated rings. The second kappa shape index (κ2) is 7.13. The van der Waals surface area contributed by atoms with Gasteiger partial charge in [0.15, 0.2) is 6.61 Å². The minimum absolute atomic E-state index is 0.0361. The van der Waals surface area contributed by atoms with Crippen molar-refractivity contribution < 1.29 is 19.1 Å². The molecular formula is C20H19NO4S2. The van der Waals surface area contributed by atoms with Crippen LogP contribution in [0.4, 0.5) is 0 Å². The average Bonchev–Trinajstić information content (AvgIpc) is 3.36. The lowest BCUT2D eigenvalue weighted by Crippen LogP contribution is -2.46. The number of fused-ring (bicyclic) bond motifs is 1. The summed E-state index contributed by atoms with van der Waals surface area (Å²) in [6.45, 7) is 1.63. The number of Topliss-reactive ketones (excluding diaryl/α,β-unsaturated/α-hetero) is 1. The van der Waals surface area contributed by atoms with E-state index in [9.17, 15) is 14.4 Å². The van der Waals surface area contributed by atoms with Crippen LogP contribution in [0, 0.1) is 6.92 Å². The van der Waals surface area contributed by atoms with Crippen LogP contribution in [0.1, 0.15) is 33.0 Å². The summed E-state index contributed by atoms with van der Waals surface area (Å²) in [6, 6.07) is 12.8. The summed E-state index contributed by atoms with van der Waals surface area (Å²) in [6.07, 6.45) is 1.09. The van der Waals surface area contributed by atoms with Gasteiger partial charge in [0.25, 0.3) is 0 Å². The molecule has 2 atom stereocenters. The summed E-state index contributed by atoms with van der Waals surface area (Å²) >= 11 is 2.99. The van der Waals surface area contributed by atoms with Gasteiger partial charge in [-0.05, 0) is 31.0 Å². The van der Waals surface area contributed by atoms with Crippen molar-refractivity contribution in [3.8, 4) is 0 Å². The van der Waals surface area contributed by atoms with Gasteiger partial charge in [-0.25, -0.2) is 4.79 Å². The standard InChI is InChI=1S/C20H19NO4S2/c1-13-7-8-17(27-13)16(22)11-25-19(24)15-12-26-20(10-9-18(23)21(15)20)14-5-3-2-4-6-14/h2-8,15H,9-12H2,1H3/t15-,20+/m1/s1. The maximum Gasteiger partial charge on any atom is 0.330 e. The third kappa shape index (κ3) is 3.19. The van der Waals surface area contributed by atoms with Crippen molar-refractivity contribution in [3.05, 3.63) is 57.8 Å². The molecular weight excluding hydrogens is 382 g/mol. The summed E-state index contributed by atoms with van der Waals surface area (Å²) in [5.74, 6) is -0.274. The Labute approximate surface area is 165 Å². The molecule has 3 heterocycles. The number of ketones is 1. The first kappa shape index (κ1) is 18.3. The number of thioether (sulfide) groups is 1. The minimum atomic E-state index is -0.650. The Kier molecular flexibility index (Phi) is 4.82. The van der Waals surface area contributed by atoms with Crippen LogP contribution in [0.15, 0.2) is 42.5 Å². The van der Waals surface area contributed by atoms with Crippen LogP contribution in [-0.4, -0.2) is 41.0 Å². The van der Waals surface area contributed by atoms with E-state index in [0.717, 1.165) is 10.4 Å². The van der Waals surface area contributed by atoms with Gasteiger partial charge in [0.05, 0.1) is 4.88 Å². The van der Waals surface area contributed by atoms with Gasteiger partial charge < -0.3 is 9.64 Å². The van der Waals surface area contributed by atoms with Crippen LogP contribution >= 0.6 is 23.1 Å². The molecule has 0 bridgehead atoms. The molecule has 140 valence electrons. The van der Waals surface area contributed by atoms with Gasteiger partial charge in [-0.3, -0.25) is 9.59 Å². The molecule has 0 aliphatic carbocycles. The van der Waals surface area contributed by atoms with Crippen molar-refractivity contribution in [1.29, 1.82) is 0 Å². The fourth-order valence-electron chi connectivity index (χ4n) is 3.70. The van der Waals surface area contributed by atoms with E-state index in [2.05, 4.69) is 0 Å². The van der Waals surface area contributed by atoms with E-state index >= 15 is 0 Å². The topological polar surface area (TPSA) is 63.7 Å². The van der Waals surface area contributed by atoms with E-state index in [1.807, 2.05) is 43.3 Å². The first-order chi connectivity index (χ1) is 13.0. The maximum atomic E-state index is 12.7. The van der Waals surface area contributed by atoms with Gasteiger partial charge in [0.2, 0.25) is 11.7 Å². The lowest BCUT2D eigenvalue weighted by Gasteiger charge is -2.33. The highest BCUT2D eigenvalue weighted by Crippen LogP contribution is 2.54. The molecule has 2 aliphatic heterocycles. The molecule has 0 unspecified atom stereocenters. The zero-order valence-corrected chi connectivity index (χ0v) is 16.5. The second-order valence-electron chi connectivity index (χ2n) is 6.68. The number of ether oxygens (including phenoxy) is 1. The Morgan fingerprint density at radius 2 is 2.00 bits per heavy atom. The van der Waals surface area contributed by atoms with Crippen molar-refractivity contribution in [3.63, 3.8) is 0 Å². The number of thiophene rings is 1. The molecule has 0 spiro atoms. The molecule has 0 N–H and O–H groups in total. The minimum Gasteiger partial charge on any atom is -0.456 e. The highest BCUT2D eigenvalue weighted by molar-refractivity contribution is 8.00. The van der Waals surface area contributed by atoms with Crippen molar-refractivity contribution in [2.75, 3.05) is 12.4 Å². The smallest absolute Gasteiger partial charge is 0.330 e. The summed E-state index contributed by atoms with van der Waals surface area (Å²) in [5.41, 5.74) is 1.03. The number of carbonyl (C=O) groups is 3. The predicted octanol–water partition coefficient (Wildman–Crippen LogP) is 3.37. The Hall–Kier alpha value is -2.12. The number of benzene rings is 1. The van der Waals surface area contributed by atoms with Gasteiger partial charge in [0, 0.05) is 17.1 Å². The lowest BCUT2D eigenvalue weighted by molar-refractivity contribution is -0.152. The molecule has 5 nitrogen and oxygen atoms in total. The van der Waals surface area contributed by atoms with E-state index in [4.69, 9.17) is 4.74 Å². The molecule has 2 aliphatic rings. The maximum absolute atomic E-state index is 12.7. The Morgan fingerprint density at radius 1 is 1.22 bits per heavy atom. The third-order valence-electron chi connectivity index (χ3n) is 4.98. The summed E-state index contributed by atoms with van der Waals surface area (Å²) in [4.78, 5) is 40.2. The predicted molar refractivity (Wildman–Crippen MR) is 105 cm³/mol. The number of nitrogens with zero attached hydrogens (tertiary/aromatic N) is 1. The Balaban J connectivity index is 1.48. The monoisotopic (exact) mass is 401 g/mol. The van der Waals surface area contributed by atoms with Gasteiger partial charge in [-0.2, -0.15) is 0 Å². The first-order valence-corrected chi connectivity index (χ1v) is 10.6. The van der Waals surface area contributed by atoms with Crippen LogP contribution in [0.5, 0.6) is 0 Å². The van der Waals surface area contributed by atoms with E-state index in [-0.39, 0.29) is 18.3 Å². The molecule has 1 aromatic carbocycles. The molecule has 2 saturated heterocycles. The molecule has 1 amide bonds. The quantitative estimate of drug-likeness (QED) is 0.568. The number of esters is 1. The van der Waals surface area contributed by atoms with Crippen molar-refractivity contribution in [2.24, 2.45) is 0 Å². The van der Waals surface area contributed by atoms with E-state index in [1.165, 1.54) is 11.3 Å². The summed E-state index contributed by atoms with van der Waals surface area (Å²) in [5, 5.41) is 0. The van der Waals surface area contributed by atoms with Crippen LogP contribution < -0.4 is 0 Å². The largest absolute Gasteiger partial charge is 0.456 e. The molecule has 1 aromatic heterocycles. The molecule has 0 radical (unpaired) electrons. The van der Waals surface area contributed by atoms with E-state index in [0.29, 0.717) is 23.5 Å². The van der Waals surface area contributed by atoms with Crippen LogP contribution in [-0.2, 0) is 19.2 Å². The lowest BCUT2D eigenvalue weighted by atomic mass is 10.0. The third-order valence-corrected chi connectivity index (χ3v) is 7.62. The Morgan fingerprint density at radius 3 is 2.70 bits per heavy atom. The fraction of sp³-hybridized carbons (Fsp3) is 0.350. The highest BCUT2D eigenvalue weighted by Gasteiger charge is 2.57. The average molecular weight is 402 g/mol. The van der Waals surface area contributed by atoms with Crippen molar-refractivity contribution in [1.82, 2.24) is 4.90 Å². The molecule has 4 rings (SSSR count). The summed E-state index contributed by atoms with van der Waals surface area (Å²) in [7, 11) is 0. The normalized spacial score (nSPS) is 24.1. The SMILES string of the molecule is Cc1ccc(C(=O)COC(=O)[C@H]2CS[C@]3(c4ccccc4)CCC(=O)N23)s1. The van der Waals surface area contributed by atoms with Gasteiger partial charge in [0.1, 0.15) is 10.9 Å². The highest BCUT2D eigenvalue weighted by atomic mass is 32.2. The number of amides is 1. The molecule has 2 aromatic rings. The number of hydrogen-bond acceptors (Lipinski definition) is 6. The van der Waals surface area contributed by atoms with Crippen LogP contribution in [0.25, 0.3) is 0 Å². The fourth-order valence-corrected chi connectivity index (χ4v) is 6.13. The number of aryl methyl sites for hydroxylation is 1. The number of carbonyl (C=O) groups excluding carboxylic acids is 3. The van der Waals surface area contributed by atoms with Crippen LogP contribution in [0.3, 0.4) is 0 Å². The molecule has 0 saturated carbocycles. The first-order valence-electron chi connectivity index (χ1n) is 8.79. The van der Waals surface area contributed by atoms with Crippen LogP contribution in [0.2, 0.25) is 0 Å². The van der Waals surface area contributed by atoms with Crippen molar-refractivity contribution >= 4 is 40.8 Å². The second-order valence-corrected chi connectivity index (χ2v) is 9.27. The zero-order valence-electron chi connectivity index (χ0n) is 14.8. The Bertz CT molecular complexity index is 894. The van der Waals surface area contributed by atoms with Crippen molar-refractivity contribution in [2.45, 2.75) is 30.7 Å². The number of rotatable bonds is 5. The van der Waals surface area contributed by atoms with Gasteiger partial charge in [-0.15, -0.1) is 23.1 Å². The zero-order chi connectivity index (χ0) is 19.0.